The fraction of sp³-hybridized carbons (Fsp3) is 0.324. The summed E-state index contributed by atoms with van der Waals surface area (Å²) in [5, 5.41) is 27.6. The monoisotopic (exact) mass is 704 g/mol. The Morgan fingerprint density at radius 2 is 1.80 bits per heavy atom. The van der Waals surface area contributed by atoms with Crippen LogP contribution in [0.3, 0.4) is 0 Å². The van der Waals surface area contributed by atoms with Gasteiger partial charge in [-0.15, -0.1) is 9.78 Å². The minimum absolute atomic E-state index is 0.102. The zero-order valence-corrected chi connectivity index (χ0v) is 27.7. The number of rotatable bonds is 15. The van der Waals surface area contributed by atoms with Crippen molar-refractivity contribution in [1.29, 1.82) is 0 Å². The Bertz CT molecular complexity index is 1910. The molecular formula is C34H36F2N9O6+. The molecule has 2 amide bonds. The Morgan fingerprint density at radius 1 is 1.02 bits per heavy atom. The second-order valence-corrected chi connectivity index (χ2v) is 11.8. The number of amides is 2. The lowest BCUT2D eigenvalue weighted by Crippen LogP contribution is -2.53. The summed E-state index contributed by atoms with van der Waals surface area (Å²) >= 11 is 0. The van der Waals surface area contributed by atoms with Gasteiger partial charge in [0.2, 0.25) is 13.1 Å². The van der Waals surface area contributed by atoms with E-state index in [1.165, 1.54) is 42.7 Å². The molecule has 1 aliphatic heterocycles. The Kier molecular flexibility index (Phi) is 10.9. The summed E-state index contributed by atoms with van der Waals surface area (Å²) in [5.74, 6) is -1.80. The van der Waals surface area contributed by atoms with Crippen molar-refractivity contribution in [3.8, 4) is 5.69 Å². The average Bonchev–Trinajstić information content (AvgIpc) is 3.91. The normalized spacial score (nSPS) is 14.8. The quantitative estimate of drug-likeness (QED) is 0.0975. The van der Waals surface area contributed by atoms with Gasteiger partial charge in [0.1, 0.15) is 30.1 Å². The number of hydrogen-bond acceptors (Lipinski definition) is 10. The van der Waals surface area contributed by atoms with Gasteiger partial charge in [-0.2, -0.15) is 0 Å². The van der Waals surface area contributed by atoms with Crippen LogP contribution in [0.15, 0.2) is 91.8 Å². The van der Waals surface area contributed by atoms with Crippen LogP contribution in [-0.4, -0.2) is 84.5 Å². The maximum atomic E-state index is 15.3. The van der Waals surface area contributed by atoms with Crippen molar-refractivity contribution in [3.63, 3.8) is 0 Å². The highest BCUT2D eigenvalue weighted by Gasteiger charge is 2.47. The Morgan fingerprint density at radius 3 is 2.55 bits per heavy atom. The summed E-state index contributed by atoms with van der Waals surface area (Å²) in [5.41, 5.74) is 0.0535. The molecule has 0 spiro atoms. The smallest absolute Gasteiger partial charge is 0.434 e. The zero-order chi connectivity index (χ0) is 35.8. The van der Waals surface area contributed by atoms with Crippen LogP contribution in [0.25, 0.3) is 5.69 Å². The standard InChI is InChI=1S/C34H36F2N9O6/c1-25(43-14-15-44(32(43)46)28-9-11-29(12-10-28)45-21-37-39-40-45)34(48,30-13-8-27(35)18-31(30)36)20-42-23-41(22-38-42)24-51-33(47)50-17-5-16-49-19-26-6-3-2-4-7-26/h2-4,6-13,18,21-23,25,48H,5,14-17,19-20,24H2,1H3/q+1/t25-,34+/m1/s1. The van der Waals surface area contributed by atoms with E-state index in [2.05, 4.69) is 20.6 Å². The topological polar surface area (TPSA) is 154 Å². The molecule has 1 aliphatic rings. The van der Waals surface area contributed by atoms with Crippen molar-refractivity contribution in [2.24, 2.45) is 0 Å². The molecule has 51 heavy (non-hydrogen) atoms. The molecule has 17 heteroatoms. The molecule has 0 bridgehead atoms. The first-order valence-corrected chi connectivity index (χ1v) is 16.1. The predicted octanol–water partition coefficient (Wildman–Crippen LogP) is 3.36. The van der Waals surface area contributed by atoms with E-state index in [9.17, 15) is 19.1 Å². The summed E-state index contributed by atoms with van der Waals surface area (Å²) in [6, 6.07) is 18.2. The first-order valence-electron chi connectivity index (χ1n) is 16.1. The summed E-state index contributed by atoms with van der Waals surface area (Å²) in [6.07, 6.45) is 3.82. The molecule has 2 atom stereocenters. The SMILES string of the molecule is C[C@@H](N1CCN(c2ccc(-n3cnnn3)cc2)C1=O)[C@@](O)(Cn1c[n+](COC(=O)OCCCOCc2ccccc2)cn1)c1ccc(F)cc1F. The van der Waals surface area contributed by atoms with Crippen molar-refractivity contribution < 1.29 is 42.3 Å². The van der Waals surface area contributed by atoms with Crippen LogP contribution >= 0.6 is 0 Å². The van der Waals surface area contributed by atoms with Crippen LogP contribution < -0.4 is 9.47 Å². The lowest BCUT2D eigenvalue weighted by Gasteiger charge is -2.38. The Balaban J connectivity index is 1.07. The van der Waals surface area contributed by atoms with Gasteiger partial charge in [0.05, 0.1) is 31.5 Å². The molecule has 5 aromatic rings. The molecule has 15 nitrogen and oxygen atoms in total. The number of carbonyl (C=O) groups is 2. The molecule has 1 fully saturated rings. The average molecular weight is 705 g/mol. The van der Waals surface area contributed by atoms with E-state index in [-0.39, 0.29) is 32.0 Å². The number of aromatic nitrogens is 7. The number of ether oxygens (including phenoxy) is 3. The van der Waals surface area contributed by atoms with E-state index in [1.807, 2.05) is 30.3 Å². The number of aliphatic hydroxyl groups is 1. The van der Waals surface area contributed by atoms with E-state index >= 15 is 4.39 Å². The van der Waals surface area contributed by atoms with Crippen LogP contribution in [-0.2, 0) is 39.7 Å². The predicted molar refractivity (Wildman–Crippen MR) is 174 cm³/mol. The summed E-state index contributed by atoms with van der Waals surface area (Å²) in [7, 11) is 0. The van der Waals surface area contributed by atoms with Crippen LogP contribution in [0, 0.1) is 11.6 Å². The van der Waals surface area contributed by atoms with Crippen molar-refractivity contribution in [1.82, 2.24) is 34.9 Å². The highest BCUT2D eigenvalue weighted by molar-refractivity contribution is 5.94. The third-order valence-corrected chi connectivity index (χ3v) is 8.50. The number of hydrogen-bond donors (Lipinski definition) is 1. The van der Waals surface area contributed by atoms with Gasteiger partial charge in [-0.3, -0.25) is 4.90 Å². The van der Waals surface area contributed by atoms with Gasteiger partial charge < -0.3 is 24.2 Å². The second kappa shape index (κ2) is 15.8. The van der Waals surface area contributed by atoms with Gasteiger partial charge in [-0.25, -0.2) is 27.6 Å². The van der Waals surface area contributed by atoms with Crippen LogP contribution in [0.2, 0.25) is 0 Å². The highest BCUT2D eigenvalue weighted by Crippen LogP contribution is 2.35. The number of anilines is 1. The first kappa shape index (κ1) is 35.0. The summed E-state index contributed by atoms with van der Waals surface area (Å²) < 4.78 is 49.3. The lowest BCUT2D eigenvalue weighted by molar-refractivity contribution is -0.728. The molecule has 0 radical (unpaired) electrons. The summed E-state index contributed by atoms with van der Waals surface area (Å²) in [6.45, 7) is 2.48. The molecule has 2 aromatic heterocycles. The minimum atomic E-state index is -2.07. The summed E-state index contributed by atoms with van der Waals surface area (Å²) in [4.78, 5) is 28.8. The van der Waals surface area contributed by atoms with E-state index in [4.69, 9.17) is 14.2 Å². The van der Waals surface area contributed by atoms with E-state index in [0.29, 0.717) is 43.6 Å². The van der Waals surface area contributed by atoms with Gasteiger partial charge >= 0.3 is 12.2 Å². The number of benzene rings is 3. The second-order valence-electron chi connectivity index (χ2n) is 11.8. The number of tetrazole rings is 1. The zero-order valence-electron chi connectivity index (χ0n) is 27.7. The Labute approximate surface area is 291 Å². The van der Waals surface area contributed by atoms with Crippen LogP contribution in [0.1, 0.15) is 24.5 Å². The van der Waals surface area contributed by atoms with Crippen molar-refractivity contribution >= 4 is 17.9 Å². The minimum Gasteiger partial charge on any atom is -0.434 e. The van der Waals surface area contributed by atoms with Crippen molar-refractivity contribution in [3.05, 3.63) is 115 Å². The number of urea groups is 1. The molecule has 3 heterocycles. The maximum absolute atomic E-state index is 15.3. The lowest BCUT2D eigenvalue weighted by atomic mass is 9.85. The first-order chi connectivity index (χ1) is 24.7. The van der Waals surface area contributed by atoms with E-state index < -0.39 is 35.5 Å². The largest absolute Gasteiger partial charge is 0.511 e. The number of nitrogens with zero attached hydrogens (tertiary/aromatic N) is 9. The third kappa shape index (κ3) is 8.33. The van der Waals surface area contributed by atoms with Gasteiger partial charge in [-0.1, -0.05) is 36.4 Å². The van der Waals surface area contributed by atoms with Gasteiger partial charge in [0, 0.05) is 41.9 Å². The molecule has 6 rings (SSSR count). The third-order valence-electron chi connectivity index (χ3n) is 8.50. The molecule has 1 N–H and O–H groups in total. The van der Waals surface area contributed by atoms with Gasteiger partial charge in [-0.05, 0) is 53.2 Å². The fourth-order valence-corrected chi connectivity index (χ4v) is 5.77. The molecule has 0 aliphatic carbocycles. The number of halogens is 2. The van der Waals surface area contributed by atoms with Crippen molar-refractivity contribution in [2.75, 3.05) is 31.2 Å². The maximum Gasteiger partial charge on any atom is 0.511 e. The Hall–Kier alpha value is -5.81. The van der Waals surface area contributed by atoms with Crippen LogP contribution in [0.5, 0.6) is 0 Å². The molecule has 1 saturated heterocycles. The van der Waals surface area contributed by atoms with Gasteiger partial charge in [0.15, 0.2) is 0 Å². The molecular weight excluding hydrogens is 668 g/mol. The molecule has 266 valence electrons. The van der Waals surface area contributed by atoms with Crippen molar-refractivity contribution in [2.45, 2.75) is 44.9 Å². The van der Waals surface area contributed by atoms with E-state index in [0.717, 1.165) is 17.7 Å². The van der Waals surface area contributed by atoms with Gasteiger partial charge in [0.25, 0.3) is 6.33 Å². The fourth-order valence-electron chi connectivity index (χ4n) is 5.77. The van der Waals surface area contributed by atoms with E-state index in [1.54, 1.807) is 31.2 Å². The molecule has 0 unspecified atom stereocenters. The van der Waals surface area contributed by atoms with Crippen LogP contribution in [0.4, 0.5) is 24.1 Å². The number of carbonyl (C=O) groups excluding carboxylic acids is 2. The highest BCUT2D eigenvalue weighted by atomic mass is 19.1. The molecule has 0 saturated carbocycles. The molecule has 3 aromatic carbocycles.